The summed E-state index contributed by atoms with van der Waals surface area (Å²) in [6, 6.07) is 2.96. The molecule has 4 nitrogen and oxygen atoms in total. The molecule has 0 saturated heterocycles. The van der Waals surface area contributed by atoms with Gasteiger partial charge in [0, 0.05) is 6.07 Å². The number of aryl methyl sites for hydroxylation is 2. The average molecular weight is 298 g/mol. The molecular formula is C13H12F2N2O2S. The van der Waals surface area contributed by atoms with Crippen molar-refractivity contribution in [2.75, 3.05) is 11.1 Å². The maximum atomic E-state index is 13.3. The number of nitrogens with one attached hydrogen (secondary N) is 1. The summed E-state index contributed by atoms with van der Waals surface area (Å²) in [4.78, 5) is 15.8. The zero-order valence-electron chi connectivity index (χ0n) is 10.9. The van der Waals surface area contributed by atoms with Gasteiger partial charge in [-0.1, -0.05) is 11.8 Å². The number of amides is 1. The molecule has 2 rings (SSSR count). The third-order valence-corrected chi connectivity index (χ3v) is 3.37. The number of carbonyl (C=O) groups excluding carboxylic acids is 1. The molecule has 0 aliphatic heterocycles. The predicted octanol–water partition coefficient (Wildman–Crippen LogP) is 3.30. The maximum Gasteiger partial charge on any atom is 0.256 e. The largest absolute Gasteiger partial charge is 0.437 e. The number of hydrogen-bond donors (Lipinski definition) is 1. The summed E-state index contributed by atoms with van der Waals surface area (Å²) in [6.45, 7) is 3.58. The third kappa shape index (κ3) is 3.57. The van der Waals surface area contributed by atoms with E-state index in [0.29, 0.717) is 17.0 Å². The van der Waals surface area contributed by atoms with Crippen molar-refractivity contribution in [2.24, 2.45) is 0 Å². The number of carbonyl (C=O) groups is 1. The van der Waals surface area contributed by atoms with Crippen LogP contribution in [0.5, 0.6) is 0 Å². The van der Waals surface area contributed by atoms with Gasteiger partial charge in [0.25, 0.3) is 5.22 Å². The molecule has 0 atom stereocenters. The molecule has 1 amide bonds. The highest BCUT2D eigenvalue weighted by Gasteiger charge is 2.11. The van der Waals surface area contributed by atoms with Crippen LogP contribution in [-0.4, -0.2) is 16.6 Å². The Balaban J connectivity index is 1.92. The molecule has 0 fully saturated rings. The first-order valence-electron chi connectivity index (χ1n) is 5.77. The van der Waals surface area contributed by atoms with Crippen LogP contribution in [0.4, 0.5) is 14.5 Å². The SMILES string of the molecule is Cc1nc(SCC(=O)Nc2ccc(F)cc2F)oc1C. The van der Waals surface area contributed by atoms with Crippen LogP contribution in [0, 0.1) is 25.5 Å². The molecule has 0 radical (unpaired) electrons. The smallest absolute Gasteiger partial charge is 0.256 e. The average Bonchev–Trinajstić information content (AvgIpc) is 2.70. The molecule has 20 heavy (non-hydrogen) atoms. The number of nitrogens with zero attached hydrogens (tertiary/aromatic N) is 1. The molecule has 0 unspecified atom stereocenters. The number of thioether (sulfide) groups is 1. The summed E-state index contributed by atoms with van der Waals surface area (Å²) in [6.07, 6.45) is 0. The van der Waals surface area contributed by atoms with Crippen molar-refractivity contribution in [3.63, 3.8) is 0 Å². The maximum absolute atomic E-state index is 13.3. The summed E-state index contributed by atoms with van der Waals surface area (Å²) in [7, 11) is 0. The van der Waals surface area contributed by atoms with Gasteiger partial charge in [0.2, 0.25) is 5.91 Å². The monoisotopic (exact) mass is 298 g/mol. The Morgan fingerprint density at radius 1 is 1.40 bits per heavy atom. The van der Waals surface area contributed by atoms with Crippen LogP contribution in [-0.2, 0) is 4.79 Å². The van der Waals surface area contributed by atoms with Crippen molar-refractivity contribution in [1.29, 1.82) is 0 Å². The molecule has 0 aliphatic carbocycles. The summed E-state index contributed by atoms with van der Waals surface area (Å²) in [5.74, 6) is -1.21. The number of aromatic nitrogens is 1. The van der Waals surface area contributed by atoms with Crippen LogP contribution in [0.3, 0.4) is 0 Å². The number of hydrogen-bond acceptors (Lipinski definition) is 4. The van der Waals surface area contributed by atoms with E-state index in [2.05, 4.69) is 10.3 Å². The van der Waals surface area contributed by atoms with Gasteiger partial charge in [-0.25, -0.2) is 13.8 Å². The molecule has 1 aromatic carbocycles. The Morgan fingerprint density at radius 2 is 2.15 bits per heavy atom. The highest BCUT2D eigenvalue weighted by atomic mass is 32.2. The van der Waals surface area contributed by atoms with E-state index in [1.165, 1.54) is 6.07 Å². The Labute approximate surface area is 118 Å². The first kappa shape index (κ1) is 14.5. The summed E-state index contributed by atoms with van der Waals surface area (Å²) < 4.78 is 31.4. The summed E-state index contributed by atoms with van der Waals surface area (Å²) in [5.41, 5.74) is 0.703. The lowest BCUT2D eigenvalue weighted by Gasteiger charge is -2.05. The molecule has 0 aliphatic rings. The third-order valence-electron chi connectivity index (χ3n) is 2.54. The van der Waals surface area contributed by atoms with Gasteiger partial charge in [0.05, 0.1) is 17.1 Å². The van der Waals surface area contributed by atoms with E-state index in [9.17, 15) is 13.6 Å². The van der Waals surface area contributed by atoms with Crippen molar-refractivity contribution in [3.05, 3.63) is 41.3 Å². The van der Waals surface area contributed by atoms with Gasteiger partial charge in [0.15, 0.2) is 0 Å². The molecule has 106 valence electrons. The molecule has 7 heteroatoms. The second kappa shape index (κ2) is 6.04. The molecule has 1 N–H and O–H groups in total. The minimum Gasteiger partial charge on any atom is -0.437 e. The van der Waals surface area contributed by atoms with Crippen LogP contribution in [0.25, 0.3) is 0 Å². The fourth-order valence-corrected chi connectivity index (χ4v) is 2.12. The van der Waals surface area contributed by atoms with Gasteiger partial charge in [-0.05, 0) is 26.0 Å². The fourth-order valence-electron chi connectivity index (χ4n) is 1.41. The minimum absolute atomic E-state index is 0.0240. The topological polar surface area (TPSA) is 55.1 Å². The molecule has 1 heterocycles. The Morgan fingerprint density at radius 3 is 2.75 bits per heavy atom. The van der Waals surface area contributed by atoms with Crippen LogP contribution >= 0.6 is 11.8 Å². The van der Waals surface area contributed by atoms with E-state index >= 15 is 0 Å². The Hall–Kier alpha value is -1.89. The number of halogens is 2. The van der Waals surface area contributed by atoms with E-state index in [1.54, 1.807) is 13.8 Å². The van der Waals surface area contributed by atoms with Crippen molar-refractivity contribution >= 4 is 23.4 Å². The van der Waals surface area contributed by atoms with E-state index in [1.807, 2.05) is 0 Å². The van der Waals surface area contributed by atoms with Gasteiger partial charge in [-0.3, -0.25) is 4.79 Å². The van der Waals surface area contributed by atoms with Crippen molar-refractivity contribution in [3.8, 4) is 0 Å². The number of benzene rings is 1. The lowest BCUT2D eigenvalue weighted by Crippen LogP contribution is -2.15. The van der Waals surface area contributed by atoms with Crippen molar-refractivity contribution in [2.45, 2.75) is 19.1 Å². The lowest BCUT2D eigenvalue weighted by molar-refractivity contribution is -0.113. The first-order chi connectivity index (χ1) is 9.45. The molecule has 0 bridgehead atoms. The molecule has 0 spiro atoms. The van der Waals surface area contributed by atoms with E-state index in [-0.39, 0.29) is 11.4 Å². The molecular weight excluding hydrogens is 286 g/mol. The number of oxazole rings is 1. The Bertz CT molecular complexity index is 624. The fraction of sp³-hybridized carbons (Fsp3) is 0.231. The molecule has 0 saturated carbocycles. The van der Waals surface area contributed by atoms with Crippen molar-refractivity contribution in [1.82, 2.24) is 4.98 Å². The minimum atomic E-state index is -0.814. The Kier molecular flexibility index (Phi) is 4.39. The summed E-state index contributed by atoms with van der Waals surface area (Å²) in [5, 5.41) is 2.74. The zero-order chi connectivity index (χ0) is 14.7. The number of anilines is 1. The first-order valence-corrected chi connectivity index (χ1v) is 6.76. The van der Waals surface area contributed by atoms with Crippen LogP contribution < -0.4 is 5.32 Å². The van der Waals surface area contributed by atoms with Crippen LogP contribution in [0.15, 0.2) is 27.8 Å². The van der Waals surface area contributed by atoms with E-state index in [4.69, 9.17) is 4.42 Å². The van der Waals surface area contributed by atoms with Gasteiger partial charge >= 0.3 is 0 Å². The van der Waals surface area contributed by atoms with Crippen molar-refractivity contribution < 1.29 is 18.0 Å². The van der Waals surface area contributed by atoms with Crippen LogP contribution in [0.1, 0.15) is 11.5 Å². The van der Waals surface area contributed by atoms with Gasteiger partial charge < -0.3 is 9.73 Å². The van der Waals surface area contributed by atoms with Gasteiger partial charge in [-0.15, -0.1) is 0 Å². The highest BCUT2D eigenvalue weighted by Crippen LogP contribution is 2.21. The predicted molar refractivity (Wildman–Crippen MR) is 71.7 cm³/mol. The second-order valence-electron chi connectivity index (χ2n) is 4.08. The van der Waals surface area contributed by atoms with Crippen LogP contribution in [0.2, 0.25) is 0 Å². The molecule has 2 aromatic rings. The highest BCUT2D eigenvalue weighted by molar-refractivity contribution is 7.99. The lowest BCUT2D eigenvalue weighted by atomic mass is 10.3. The zero-order valence-corrected chi connectivity index (χ0v) is 11.7. The standard InChI is InChI=1S/C13H12F2N2O2S/c1-7-8(2)19-13(16-7)20-6-12(18)17-11-4-3-9(14)5-10(11)15/h3-5H,6H2,1-2H3,(H,17,18). The summed E-state index contributed by atoms with van der Waals surface area (Å²) >= 11 is 1.11. The van der Waals surface area contributed by atoms with Gasteiger partial charge in [0.1, 0.15) is 17.4 Å². The van der Waals surface area contributed by atoms with E-state index in [0.717, 1.165) is 23.5 Å². The number of rotatable bonds is 4. The molecule has 1 aromatic heterocycles. The normalized spacial score (nSPS) is 10.6. The quantitative estimate of drug-likeness (QED) is 0.880. The second-order valence-corrected chi connectivity index (χ2v) is 5.01. The van der Waals surface area contributed by atoms with E-state index < -0.39 is 17.5 Å². The van der Waals surface area contributed by atoms with Gasteiger partial charge in [-0.2, -0.15) is 0 Å².